The average molecular weight is 268 g/mol. The first kappa shape index (κ1) is 14.4. The van der Waals surface area contributed by atoms with Gasteiger partial charge >= 0.3 is 0 Å². The Hall–Kier alpha value is -0.647. The molecule has 0 heterocycles. The zero-order valence-corrected chi connectivity index (χ0v) is 12.2. The third-order valence-corrected chi connectivity index (χ3v) is 2.06. The molecule has 0 N–H and O–H groups in total. The van der Waals surface area contributed by atoms with Crippen LogP contribution in [0.25, 0.3) is 0 Å². The maximum absolute atomic E-state index is 3.86. The van der Waals surface area contributed by atoms with Crippen LogP contribution in [0.4, 0.5) is 0 Å². The molecule has 0 unspecified atom stereocenters. The van der Waals surface area contributed by atoms with E-state index in [1.54, 1.807) is 0 Å². The van der Waals surface area contributed by atoms with Crippen molar-refractivity contribution in [2.24, 2.45) is 0 Å². The summed E-state index contributed by atoms with van der Waals surface area (Å²) in [4.78, 5) is 0. The molecule has 0 spiro atoms. The van der Waals surface area contributed by atoms with E-state index < -0.39 is 0 Å². The second-order valence-corrected chi connectivity index (χ2v) is 3.06. The summed E-state index contributed by atoms with van der Waals surface area (Å²) >= 11 is 0. The van der Waals surface area contributed by atoms with Gasteiger partial charge in [-0.2, -0.15) is 0 Å². The van der Waals surface area contributed by atoms with E-state index >= 15 is 0 Å². The van der Waals surface area contributed by atoms with Gasteiger partial charge in [-0.1, -0.05) is 61.2 Å². The molecule has 0 atom stereocenters. The van der Waals surface area contributed by atoms with E-state index in [1.165, 1.54) is 11.5 Å². The summed E-state index contributed by atoms with van der Waals surface area (Å²) in [7, 11) is 0. The van der Waals surface area contributed by atoms with Gasteiger partial charge in [0, 0.05) is 25.4 Å². The number of hydrogen-bond acceptors (Lipinski definition) is 0. The van der Waals surface area contributed by atoms with Crippen LogP contribution in [0.15, 0.2) is 66.8 Å². The fourth-order valence-electron chi connectivity index (χ4n) is 1.33. The maximum Gasteiger partial charge on any atom is 0.0485 e. The normalized spacial score (nSPS) is 14.3. The van der Waals surface area contributed by atoms with Gasteiger partial charge in [-0.25, -0.2) is 0 Å². The van der Waals surface area contributed by atoms with Crippen LogP contribution in [0.5, 0.6) is 0 Å². The number of halogens is 1. The Morgan fingerprint density at radius 1 is 0.800 bits per heavy atom. The number of rotatable bonds is 1. The van der Waals surface area contributed by atoms with Gasteiger partial charge in [0.05, 0.1) is 0 Å². The zero-order valence-electron chi connectivity index (χ0n) is 8.49. The minimum absolute atomic E-state index is 0. The van der Waals surface area contributed by atoms with E-state index in [0.29, 0.717) is 0 Å². The molecule has 0 aliphatic heterocycles. The third kappa shape index (κ3) is 3.77. The number of benzene rings is 1. The molecule has 0 saturated heterocycles. The summed E-state index contributed by atoms with van der Waals surface area (Å²) in [5.41, 5.74) is 2.31. The fourth-order valence-corrected chi connectivity index (χ4v) is 1.33. The molecule has 0 saturated carbocycles. The third-order valence-electron chi connectivity index (χ3n) is 2.06. The molecule has 1 aromatic rings. The fraction of sp³-hybridized carbons (Fsp3) is 0. The minimum atomic E-state index is 0. The van der Waals surface area contributed by atoms with E-state index in [1.807, 2.05) is 30.4 Å². The monoisotopic (exact) mass is 266 g/mol. The molecule has 73 valence electrons. The Morgan fingerprint density at radius 2 is 1.33 bits per heavy atom. The predicted molar refractivity (Wildman–Crippen MR) is 56.2 cm³/mol. The largest absolute Gasteiger partial charge is 1.00 e. The van der Waals surface area contributed by atoms with Gasteiger partial charge in [0.1, 0.15) is 0 Å². The van der Waals surface area contributed by atoms with E-state index in [2.05, 4.69) is 30.9 Å². The molecule has 0 fully saturated rings. The van der Waals surface area contributed by atoms with Crippen LogP contribution in [0, 0.1) is 5.92 Å². The predicted octanol–water partition coefficient (Wildman–Crippen LogP) is 0.293. The van der Waals surface area contributed by atoms with Crippen molar-refractivity contribution >= 4 is 0 Å². The van der Waals surface area contributed by atoms with Crippen LogP contribution in [-0.2, 0) is 19.5 Å². The Labute approximate surface area is 110 Å². The van der Waals surface area contributed by atoms with E-state index in [4.69, 9.17) is 0 Å². The quantitative estimate of drug-likeness (QED) is 0.642. The van der Waals surface area contributed by atoms with Gasteiger partial charge in [-0.05, 0) is 11.1 Å². The van der Waals surface area contributed by atoms with Crippen molar-refractivity contribution in [1.29, 1.82) is 0 Å². The first-order chi connectivity index (χ1) is 6.36. The van der Waals surface area contributed by atoms with Crippen molar-refractivity contribution in [1.82, 2.24) is 0 Å². The van der Waals surface area contributed by atoms with Crippen molar-refractivity contribution in [2.75, 3.05) is 0 Å². The van der Waals surface area contributed by atoms with Gasteiger partial charge in [0.15, 0.2) is 0 Å². The summed E-state index contributed by atoms with van der Waals surface area (Å²) in [6.45, 7) is 3.86. The molecule has 1 radical (unpaired) electrons. The summed E-state index contributed by atoms with van der Waals surface area (Å²) in [5.74, 6) is 1.24. The topological polar surface area (TPSA) is 0 Å². The van der Waals surface area contributed by atoms with Gasteiger partial charge in [-0.15, -0.1) is 0 Å². The molecule has 15 heavy (non-hydrogen) atoms. The van der Waals surface area contributed by atoms with Gasteiger partial charge in [0.2, 0.25) is 0 Å². The first-order valence-corrected chi connectivity index (χ1v) is 4.34. The van der Waals surface area contributed by atoms with E-state index in [0.717, 1.165) is 5.57 Å². The molecule has 0 aromatic heterocycles. The molecular formula is C13H11ClZn-. The first-order valence-electron chi connectivity index (χ1n) is 4.34. The second kappa shape index (κ2) is 6.77. The van der Waals surface area contributed by atoms with Crippen molar-refractivity contribution in [3.8, 4) is 0 Å². The average Bonchev–Trinajstić information content (AvgIpc) is 2.20. The Bertz CT molecular complexity index is 349. The standard InChI is InChI=1S/C13H11.ClH.Zn/c1-11-7-9-13(10-8-11)12-5-3-2-4-6-12;;/h2-10H,1H2;1H;/p-1. The van der Waals surface area contributed by atoms with Crippen LogP contribution in [0.2, 0.25) is 0 Å². The minimum Gasteiger partial charge on any atom is -1.00 e. The summed E-state index contributed by atoms with van der Waals surface area (Å²) in [6.07, 6.45) is 8.25. The molecular weight excluding hydrogens is 257 g/mol. The van der Waals surface area contributed by atoms with E-state index in [9.17, 15) is 0 Å². The van der Waals surface area contributed by atoms with Crippen LogP contribution in [-0.4, -0.2) is 0 Å². The second-order valence-electron chi connectivity index (χ2n) is 3.06. The number of hydrogen-bond donors (Lipinski definition) is 0. The molecule has 2 heteroatoms. The van der Waals surface area contributed by atoms with Crippen LogP contribution >= 0.6 is 0 Å². The number of allylic oxidation sites excluding steroid dienone is 5. The van der Waals surface area contributed by atoms with E-state index in [-0.39, 0.29) is 31.9 Å². The smallest absolute Gasteiger partial charge is 0.0485 e. The maximum atomic E-state index is 3.86. The molecule has 1 aliphatic carbocycles. The Morgan fingerprint density at radius 3 is 1.87 bits per heavy atom. The molecule has 0 bridgehead atoms. The summed E-state index contributed by atoms with van der Waals surface area (Å²) < 4.78 is 0. The van der Waals surface area contributed by atoms with Crippen molar-refractivity contribution in [3.63, 3.8) is 0 Å². The SMILES string of the molecule is C=C1C=C[C](c2ccccc2)C=C1.[Cl-].[Zn]. The molecule has 0 amide bonds. The van der Waals surface area contributed by atoms with Gasteiger partial charge in [0.25, 0.3) is 0 Å². The molecule has 0 nitrogen and oxygen atoms in total. The van der Waals surface area contributed by atoms with Crippen molar-refractivity contribution in [2.45, 2.75) is 0 Å². The van der Waals surface area contributed by atoms with Crippen LogP contribution in [0.1, 0.15) is 5.56 Å². The Balaban J connectivity index is 0.000000980. The molecule has 2 rings (SSSR count). The summed E-state index contributed by atoms with van der Waals surface area (Å²) in [6, 6.07) is 10.3. The molecule has 1 aliphatic rings. The van der Waals surface area contributed by atoms with Crippen LogP contribution in [0.3, 0.4) is 0 Å². The van der Waals surface area contributed by atoms with Gasteiger partial charge in [-0.3, -0.25) is 0 Å². The van der Waals surface area contributed by atoms with Crippen LogP contribution < -0.4 is 12.4 Å². The van der Waals surface area contributed by atoms with Crippen molar-refractivity contribution < 1.29 is 31.9 Å². The van der Waals surface area contributed by atoms with Crippen molar-refractivity contribution in [3.05, 3.63) is 78.3 Å². The van der Waals surface area contributed by atoms with Gasteiger partial charge < -0.3 is 12.4 Å². The molecule has 1 aromatic carbocycles. The zero-order chi connectivity index (χ0) is 9.10. The summed E-state index contributed by atoms with van der Waals surface area (Å²) in [5, 5.41) is 0. The Kier molecular flexibility index (Phi) is 6.48.